The van der Waals surface area contributed by atoms with Gasteiger partial charge in [-0.05, 0) is 19.2 Å². The van der Waals surface area contributed by atoms with E-state index in [9.17, 15) is 0 Å². The smallest absolute Gasteiger partial charge is 0.139 e. The first-order valence-corrected chi connectivity index (χ1v) is 5.83. The second kappa shape index (κ2) is 4.99. The lowest BCUT2D eigenvalue weighted by Crippen LogP contribution is -1.92. The molecule has 0 radical (unpaired) electrons. The summed E-state index contributed by atoms with van der Waals surface area (Å²) < 4.78 is 5.29. The van der Waals surface area contributed by atoms with E-state index in [4.69, 9.17) is 27.9 Å². The number of hydrogen-bond donors (Lipinski definition) is 0. The van der Waals surface area contributed by atoms with Crippen molar-refractivity contribution in [1.82, 2.24) is 0 Å². The number of thioether (sulfide) groups is 1. The first kappa shape index (κ1) is 11.0. The highest BCUT2D eigenvalue weighted by molar-refractivity contribution is 7.98. The molecule has 13 heavy (non-hydrogen) atoms. The van der Waals surface area contributed by atoms with Crippen molar-refractivity contribution in [3.8, 4) is 5.75 Å². The van der Waals surface area contributed by atoms with E-state index < -0.39 is 0 Å². The number of rotatable bonds is 3. The van der Waals surface area contributed by atoms with Crippen LogP contribution in [0.2, 0.25) is 10.0 Å². The van der Waals surface area contributed by atoms with Crippen LogP contribution in [0.4, 0.5) is 0 Å². The molecule has 0 N–H and O–H groups in total. The lowest BCUT2D eigenvalue weighted by atomic mass is 10.3. The highest BCUT2D eigenvalue weighted by Gasteiger charge is 2.06. The zero-order chi connectivity index (χ0) is 9.84. The molecule has 1 rings (SSSR count). The molecule has 0 atom stereocenters. The van der Waals surface area contributed by atoms with Gasteiger partial charge in [-0.3, -0.25) is 0 Å². The zero-order valence-electron chi connectivity index (χ0n) is 7.43. The average Bonchev–Trinajstić information content (AvgIpc) is 2.11. The van der Waals surface area contributed by atoms with Gasteiger partial charge in [-0.2, -0.15) is 0 Å². The van der Waals surface area contributed by atoms with Crippen LogP contribution < -0.4 is 4.74 Å². The highest BCUT2D eigenvalue weighted by Crippen LogP contribution is 2.35. The molecule has 0 aliphatic heterocycles. The molecule has 0 unspecified atom stereocenters. The summed E-state index contributed by atoms with van der Waals surface area (Å²) in [5, 5.41) is 1.29. The van der Waals surface area contributed by atoms with E-state index in [1.54, 1.807) is 17.8 Å². The quantitative estimate of drug-likeness (QED) is 0.731. The number of halogens is 2. The van der Waals surface area contributed by atoms with Gasteiger partial charge in [0.2, 0.25) is 0 Å². The topological polar surface area (TPSA) is 9.23 Å². The molecule has 0 bridgehead atoms. The van der Waals surface area contributed by atoms with Crippen LogP contribution in [0.5, 0.6) is 5.75 Å². The molecule has 1 aromatic rings. The summed E-state index contributed by atoms with van der Waals surface area (Å²) in [5.41, 5.74) is 0. The molecule has 72 valence electrons. The van der Waals surface area contributed by atoms with Gasteiger partial charge >= 0.3 is 0 Å². The first-order valence-electron chi connectivity index (χ1n) is 3.84. The van der Waals surface area contributed by atoms with Crippen LogP contribution in [0.3, 0.4) is 0 Å². The maximum absolute atomic E-state index is 5.98. The molecule has 0 heterocycles. The highest BCUT2D eigenvalue weighted by atomic mass is 35.5. The molecule has 0 aliphatic carbocycles. The predicted octanol–water partition coefficient (Wildman–Crippen LogP) is 4.11. The van der Waals surface area contributed by atoms with E-state index in [1.807, 2.05) is 19.2 Å². The van der Waals surface area contributed by atoms with Crippen LogP contribution >= 0.6 is 35.0 Å². The molecular formula is C9H10Cl2OS. The summed E-state index contributed by atoms with van der Waals surface area (Å²) in [6, 6.07) is 3.57. The van der Waals surface area contributed by atoms with Crippen LogP contribution in [-0.4, -0.2) is 12.9 Å². The monoisotopic (exact) mass is 236 g/mol. The number of benzene rings is 1. The Balaban J connectivity index is 3.05. The lowest BCUT2D eigenvalue weighted by molar-refractivity contribution is 0.340. The summed E-state index contributed by atoms with van der Waals surface area (Å²) in [6.07, 6.45) is 1.96. The molecule has 0 amide bonds. The molecule has 4 heteroatoms. The van der Waals surface area contributed by atoms with Crippen LogP contribution in [0, 0.1) is 0 Å². The van der Waals surface area contributed by atoms with E-state index in [1.165, 1.54) is 0 Å². The van der Waals surface area contributed by atoms with Gasteiger partial charge in [0.25, 0.3) is 0 Å². The van der Waals surface area contributed by atoms with Crippen LogP contribution in [0.1, 0.15) is 6.92 Å². The van der Waals surface area contributed by atoms with Gasteiger partial charge in [0.15, 0.2) is 0 Å². The van der Waals surface area contributed by atoms with Gasteiger partial charge in [-0.15, -0.1) is 11.8 Å². The maximum atomic E-state index is 5.98. The minimum Gasteiger partial charge on any atom is -0.492 e. The summed E-state index contributed by atoms with van der Waals surface area (Å²) in [6.45, 7) is 2.50. The Morgan fingerprint density at radius 1 is 1.31 bits per heavy atom. The van der Waals surface area contributed by atoms with Gasteiger partial charge < -0.3 is 4.74 Å². The fourth-order valence-corrected chi connectivity index (χ4v) is 2.09. The summed E-state index contributed by atoms with van der Waals surface area (Å²) in [5.74, 6) is 0.645. The Morgan fingerprint density at radius 3 is 2.54 bits per heavy atom. The first-order chi connectivity index (χ1) is 6.19. The molecule has 1 nitrogen and oxygen atoms in total. The summed E-state index contributed by atoms with van der Waals surface area (Å²) in [4.78, 5) is 0.968. The third-order valence-electron chi connectivity index (χ3n) is 1.51. The van der Waals surface area contributed by atoms with Crippen LogP contribution in [-0.2, 0) is 0 Å². The summed E-state index contributed by atoms with van der Waals surface area (Å²) in [7, 11) is 0. The van der Waals surface area contributed by atoms with Crippen molar-refractivity contribution in [1.29, 1.82) is 0 Å². The van der Waals surface area contributed by atoms with Crippen molar-refractivity contribution >= 4 is 35.0 Å². The Bertz CT molecular complexity index is 302. The fourth-order valence-electron chi connectivity index (χ4n) is 0.933. The molecule has 0 spiro atoms. The maximum Gasteiger partial charge on any atom is 0.139 e. The standard InChI is InChI=1S/C9H10Cl2OS/c1-3-12-8-4-7(11)9(13-2)5-6(8)10/h4-5H,3H2,1-2H3. The fraction of sp³-hybridized carbons (Fsp3) is 0.333. The van der Waals surface area contributed by atoms with Gasteiger partial charge in [-0.25, -0.2) is 0 Å². The van der Waals surface area contributed by atoms with E-state index in [0.717, 1.165) is 4.90 Å². The van der Waals surface area contributed by atoms with Crippen LogP contribution in [0.15, 0.2) is 17.0 Å². The van der Waals surface area contributed by atoms with E-state index in [-0.39, 0.29) is 0 Å². The molecule has 0 fully saturated rings. The SMILES string of the molecule is CCOc1cc(Cl)c(SC)cc1Cl. The predicted molar refractivity (Wildman–Crippen MR) is 59.4 cm³/mol. The van der Waals surface area contributed by atoms with Gasteiger partial charge in [0.1, 0.15) is 5.75 Å². The largest absolute Gasteiger partial charge is 0.492 e. The number of ether oxygens (including phenoxy) is 1. The van der Waals surface area contributed by atoms with Crippen molar-refractivity contribution in [2.45, 2.75) is 11.8 Å². The van der Waals surface area contributed by atoms with Gasteiger partial charge in [-0.1, -0.05) is 23.2 Å². The van der Waals surface area contributed by atoms with Crippen molar-refractivity contribution in [2.75, 3.05) is 12.9 Å². The minimum atomic E-state index is 0.592. The molecule has 0 aromatic heterocycles. The molecule has 0 saturated heterocycles. The normalized spacial score (nSPS) is 10.2. The molecule has 1 aromatic carbocycles. The second-order valence-electron chi connectivity index (χ2n) is 2.35. The minimum absolute atomic E-state index is 0.592. The Morgan fingerprint density at radius 2 is 2.00 bits per heavy atom. The van der Waals surface area contributed by atoms with Crippen molar-refractivity contribution in [2.24, 2.45) is 0 Å². The molecule has 0 saturated carbocycles. The van der Waals surface area contributed by atoms with Gasteiger partial charge in [0.05, 0.1) is 16.7 Å². The van der Waals surface area contributed by atoms with Gasteiger partial charge in [0, 0.05) is 11.0 Å². The Kier molecular flexibility index (Phi) is 4.23. The lowest BCUT2D eigenvalue weighted by Gasteiger charge is -2.08. The second-order valence-corrected chi connectivity index (χ2v) is 4.01. The van der Waals surface area contributed by atoms with E-state index in [0.29, 0.717) is 22.4 Å². The third kappa shape index (κ3) is 2.70. The zero-order valence-corrected chi connectivity index (χ0v) is 9.76. The average molecular weight is 237 g/mol. The Labute approximate surface area is 92.4 Å². The van der Waals surface area contributed by atoms with E-state index >= 15 is 0 Å². The van der Waals surface area contributed by atoms with Crippen molar-refractivity contribution < 1.29 is 4.74 Å². The van der Waals surface area contributed by atoms with Crippen LogP contribution in [0.25, 0.3) is 0 Å². The van der Waals surface area contributed by atoms with Crippen molar-refractivity contribution in [3.05, 3.63) is 22.2 Å². The van der Waals surface area contributed by atoms with E-state index in [2.05, 4.69) is 0 Å². The Hall–Kier alpha value is -0.0500. The summed E-state index contributed by atoms with van der Waals surface area (Å²) >= 11 is 13.5. The third-order valence-corrected chi connectivity index (χ3v) is 3.00. The number of hydrogen-bond acceptors (Lipinski definition) is 2. The van der Waals surface area contributed by atoms with Crippen molar-refractivity contribution in [3.63, 3.8) is 0 Å². The molecular weight excluding hydrogens is 227 g/mol. The molecule has 0 aliphatic rings.